The van der Waals surface area contributed by atoms with Crippen LogP contribution in [0.5, 0.6) is 0 Å². The van der Waals surface area contributed by atoms with Crippen molar-refractivity contribution >= 4 is 37.7 Å². The van der Waals surface area contributed by atoms with Gasteiger partial charge in [0, 0.05) is 0 Å². The second-order valence-electron chi connectivity index (χ2n) is 0.707. The summed E-state index contributed by atoms with van der Waals surface area (Å²) >= 11 is 0. The van der Waals surface area contributed by atoms with E-state index in [-0.39, 0.29) is 37.7 Å². The molecular weight excluding hydrogens is 76.1 g/mol. The predicted molar refractivity (Wildman–Crippen MR) is 24.5 cm³/mol. The Hall–Kier alpha value is 1.26. The molecule has 1 heteroatoms. The summed E-state index contributed by atoms with van der Waals surface area (Å²) in [6.45, 7) is 4.25. The van der Waals surface area contributed by atoms with Crippen LogP contribution in [-0.2, 0) is 0 Å². The molecule has 0 saturated heterocycles. The first-order chi connectivity index (χ1) is 1.41. The van der Waals surface area contributed by atoms with Gasteiger partial charge in [-0.1, -0.05) is 20.3 Å². The summed E-state index contributed by atoms with van der Waals surface area (Å²) in [5.41, 5.74) is 0. The standard InChI is InChI=1S/C3H8.Ca.2H/c1-3-2;;;/h3H2,1-2H3;;;. The van der Waals surface area contributed by atoms with Crippen molar-refractivity contribution in [3.8, 4) is 0 Å². The average molecular weight is 86.2 g/mol. The van der Waals surface area contributed by atoms with Gasteiger partial charge in [-0.15, -0.1) is 0 Å². The van der Waals surface area contributed by atoms with Crippen molar-refractivity contribution in [3.63, 3.8) is 0 Å². The molecule has 4 heavy (non-hydrogen) atoms. The normalized spacial score (nSPS) is 4.50. The van der Waals surface area contributed by atoms with Crippen LogP contribution < -0.4 is 0 Å². The van der Waals surface area contributed by atoms with Crippen molar-refractivity contribution in [2.45, 2.75) is 20.3 Å². The third-order valence-electron chi connectivity index (χ3n) is 0. The fourth-order valence-electron chi connectivity index (χ4n) is 0. The van der Waals surface area contributed by atoms with Crippen LogP contribution in [0.1, 0.15) is 20.3 Å². The molecule has 0 spiro atoms. The van der Waals surface area contributed by atoms with Gasteiger partial charge >= 0.3 is 37.7 Å². The molecule has 0 bridgehead atoms. The molecule has 0 fully saturated rings. The molecule has 0 unspecified atom stereocenters. The monoisotopic (exact) mass is 86.0 g/mol. The maximum absolute atomic E-state index is 2.12. The first-order valence-electron chi connectivity index (χ1n) is 1.41. The third-order valence-corrected chi connectivity index (χ3v) is 0. The Morgan fingerprint density at radius 2 is 1.25 bits per heavy atom. The summed E-state index contributed by atoms with van der Waals surface area (Å²) in [4.78, 5) is 0. The molecule has 0 aromatic carbocycles. The minimum atomic E-state index is 0. The van der Waals surface area contributed by atoms with Gasteiger partial charge in [0.05, 0.1) is 0 Å². The Morgan fingerprint density at radius 1 is 1.25 bits per heavy atom. The second kappa shape index (κ2) is 8.86. The van der Waals surface area contributed by atoms with Crippen LogP contribution in [0.25, 0.3) is 0 Å². The Morgan fingerprint density at radius 3 is 1.25 bits per heavy atom. The van der Waals surface area contributed by atoms with Crippen molar-refractivity contribution in [1.29, 1.82) is 0 Å². The van der Waals surface area contributed by atoms with Gasteiger partial charge < -0.3 is 0 Å². The molecule has 24 valence electrons. The number of hydrogen-bond donors (Lipinski definition) is 0. The zero-order chi connectivity index (χ0) is 2.71. The fourth-order valence-corrected chi connectivity index (χ4v) is 0. The van der Waals surface area contributed by atoms with Gasteiger partial charge in [0.15, 0.2) is 0 Å². The Kier molecular flexibility index (Phi) is 19.9. The molecule has 0 rings (SSSR count). The topological polar surface area (TPSA) is 0 Å². The SMILES string of the molecule is CCC.[CaH2]. The summed E-state index contributed by atoms with van der Waals surface area (Å²) in [5, 5.41) is 0. The molecule has 0 amide bonds. The summed E-state index contributed by atoms with van der Waals surface area (Å²) in [7, 11) is 0. The van der Waals surface area contributed by atoms with Crippen LogP contribution >= 0.6 is 0 Å². The Balaban J connectivity index is 0. The number of rotatable bonds is 0. The van der Waals surface area contributed by atoms with Crippen LogP contribution in [0, 0.1) is 0 Å². The van der Waals surface area contributed by atoms with E-state index in [2.05, 4.69) is 13.8 Å². The van der Waals surface area contributed by atoms with E-state index in [0.29, 0.717) is 0 Å². The molecule has 0 saturated carbocycles. The molecule has 0 aromatic rings. The van der Waals surface area contributed by atoms with Crippen LogP contribution in [-0.4, -0.2) is 37.7 Å². The zero-order valence-corrected chi connectivity index (χ0v) is 2.71. The quantitative estimate of drug-likeness (QED) is 0.377. The molecule has 0 aliphatic rings. The maximum atomic E-state index is 2.12. The summed E-state index contributed by atoms with van der Waals surface area (Å²) in [6, 6.07) is 0. The predicted octanol–water partition coefficient (Wildman–Crippen LogP) is 0.500. The first kappa shape index (κ1) is 8.98. The molecule has 0 N–H and O–H groups in total. The molecule has 0 nitrogen and oxygen atoms in total. The Labute approximate surface area is 57.6 Å². The van der Waals surface area contributed by atoms with E-state index in [1.54, 1.807) is 0 Å². The van der Waals surface area contributed by atoms with Gasteiger partial charge in [-0.2, -0.15) is 0 Å². The van der Waals surface area contributed by atoms with Gasteiger partial charge in [-0.05, 0) is 0 Å². The number of hydrogen-bond acceptors (Lipinski definition) is 0. The van der Waals surface area contributed by atoms with Gasteiger partial charge in [0.1, 0.15) is 0 Å². The fraction of sp³-hybridized carbons (Fsp3) is 1.00. The van der Waals surface area contributed by atoms with Crippen molar-refractivity contribution in [2.75, 3.05) is 0 Å². The van der Waals surface area contributed by atoms with E-state index in [4.69, 9.17) is 0 Å². The van der Waals surface area contributed by atoms with Crippen LogP contribution in [0.4, 0.5) is 0 Å². The van der Waals surface area contributed by atoms with E-state index in [9.17, 15) is 0 Å². The Bertz CT molecular complexity index is 3.25. The van der Waals surface area contributed by atoms with E-state index in [1.165, 1.54) is 6.42 Å². The molecule has 0 aliphatic heterocycles. The van der Waals surface area contributed by atoms with Crippen molar-refractivity contribution in [3.05, 3.63) is 0 Å². The van der Waals surface area contributed by atoms with Crippen LogP contribution in [0.15, 0.2) is 0 Å². The molecule has 0 atom stereocenters. The van der Waals surface area contributed by atoms with Crippen LogP contribution in [0.3, 0.4) is 0 Å². The van der Waals surface area contributed by atoms with E-state index in [0.717, 1.165) is 0 Å². The molecule has 0 aromatic heterocycles. The summed E-state index contributed by atoms with van der Waals surface area (Å²) in [5.74, 6) is 0. The summed E-state index contributed by atoms with van der Waals surface area (Å²) in [6.07, 6.45) is 1.25. The summed E-state index contributed by atoms with van der Waals surface area (Å²) < 4.78 is 0. The van der Waals surface area contributed by atoms with Crippen molar-refractivity contribution in [2.24, 2.45) is 0 Å². The third kappa shape index (κ3) is 10.5. The van der Waals surface area contributed by atoms with Crippen LogP contribution in [0.2, 0.25) is 0 Å². The molecular formula is C3H10Ca. The van der Waals surface area contributed by atoms with E-state index < -0.39 is 0 Å². The zero-order valence-electron chi connectivity index (χ0n) is 2.71. The van der Waals surface area contributed by atoms with Gasteiger partial charge in [0.25, 0.3) is 0 Å². The van der Waals surface area contributed by atoms with E-state index >= 15 is 0 Å². The van der Waals surface area contributed by atoms with Gasteiger partial charge in [-0.25, -0.2) is 0 Å². The van der Waals surface area contributed by atoms with Crippen molar-refractivity contribution < 1.29 is 0 Å². The molecule has 0 radical (unpaired) electrons. The molecule has 0 aliphatic carbocycles. The second-order valence-corrected chi connectivity index (χ2v) is 0.707. The average Bonchev–Trinajstić information content (AvgIpc) is 0.918. The van der Waals surface area contributed by atoms with Gasteiger partial charge in [-0.3, -0.25) is 0 Å². The molecule has 0 heterocycles. The van der Waals surface area contributed by atoms with Crippen molar-refractivity contribution in [1.82, 2.24) is 0 Å². The van der Waals surface area contributed by atoms with E-state index in [1.807, 2.05) is 0 Å². The first-order valence-corrected chi connectivity index (χ1v) is 1.41. The minimum absolute atomic E-state index is 0. The van der Waals surface area contributed by atoms with Gasteiger partial charge in [0.2, 0.25) is 0 Å².